The van der Waals surface area contributed by atoms with E-state index < -0.39 is 0 Å². The zero-order chi connectivity index (χ0) is 19.9. The summed E-state index contributed by atoms with van der Waals surface area (Å²) < 4.78 is 16.0. The predicted octanol–water partition coefficient (Wildman–Crippen LogP) is 3.58. The Balaban J connectivity index is 1.75. The summed E-state index contributed by atoms with van der Waals surface area (Å²) in [5, 5.41) is 2.94. The Morgan fingerprint density at radius 2 is 1.79 bits per heavy atom. The van der Waals surface area contributed by atoms with Gasteiger partial charge in [-0.3, -0.25) is 4.79 Å². The molecule has 3 rings (SSSR count). The third-order valence-electron chi connectivity index (χ3n) is 4.71. The van der Waals surface area contributed by atoms with Crippen LogP contribution in [0.25, 0.3) is 5.57 Å². The molecule has 1 heterocycles. The summed E-state index contributed by atoms with van der Waals surface area (Å²) in [6.07, 6.45) is 1.59. The number of carbonyl (C=O) groups is 1. The maximum Gasteiger partial charge on any atom is 0.248 e. The number of hydrogen-bond acceptors (Lipinski definition) is 5. The topological polar surface area (TPSA) is 60.0 Å². The zero-order valence-corrected chi connectivity index (χ0v) is 16.5. The van der Waals surface area contributed by atoms with E-state index in [0.29, 0.717) is 24.7 Å². The summed E-state index contributed by atoms with van der Waals surface area (Å²) in [6, 6.07) is 13.4. The van der Waals surface area contributed by atoms with Crippen LogP contribution in [0.4, 0.5) is 11.4 Å². The van der Waals surface area contributed by atoms with Crippen LogP contribution >= 0.6 is 0 Å². The van der Waals surface area contributed by atoms with Gasteiger partial charge in [-0.25, -0.2) is 0 Å². The van der Waals surface area contributed by atoms with Crippen molar-refractivity contribution < 1.29 is 19.0 Å². The molecule has 1 amide bonds. The molecule has 1 saturated heterocycles. The van der Waals surface area contributed by atoms with Crippen molar-refractivity contribution in [2.75, 3.05) is 50.7 Å². The number of anilines is 2. The van der Waals surface area contributed by atoms with Gasteiger partial charge in [-0.1, -0.05) is 12.1 Å². The number of nitrogens with zero attached hydrogens (tertiary/aromatic N) is 1. The molecule has 1 aliphatic rings. The molecule has 2 aromatic carbocycles. The van der Waals surface area contributed by atoms with Crippen LogP contribution < -0.4 is 19.7 Å². The van der Waals surface area contributed by atoms with Gasteiger partial charge in [-0.05, 0) is 48.4 Å². The first kappa shape index (κ1) is 19.8. The average molecular weight is 382 g/mol. The van der Waals surface area contributed by atoms with Gasteiger partial charge in [-0.2, -0.15) is 0 Å². The highest BCUT2D eigenvalue weighted by molar-refractivity contribution is 6.04. The van der Waals surface area contributed by atoms with Crippen LogP contribution in [0.3, 0.4) is 0 Å². The second kappa shape index (κ2) is 9.28. The number of nitrogens with one attached hydrogen (secondary N) is 1. The van der Waals surface area contributed by atoms with Crippen molar-refractivity contribution in [3.63, 3.8) is 0 Å². The molecule has 6 nitrogen and oxygen atoms in total. The molecule has 1 aliphatic heterocycles. The minimum Gasteiger partial charge on any atom is -0.497 e. The average Bonchev–Trinajstić information content (AvgIpc) is 2.74. The number of rotatable bonds is 6. The highest BCUT2D eigenvalue weighted by Crippen LogP contribution is 2.30. The number of methoxy groups -OCH3 is 2. The highest BCUT2D eigenvalue weighted by atomic mass is 16.5. The predicted molar refractivity (Wildman–Crippen MR) is 111 cm³/mol. The minimum absolute atomic E-state index is 0.203. The molecular weight excluding hydrogens is 356 g/mol. The second-order valence-electron chi connectivity index (χ2n) is 6.53. The molecule has 0 aliphatic carbocycles. The maximum atomic E-state index is 12.6. The fourth-order valence-electron chi connectivity index (χ4n) is 3.11. The molecule has 0 atom stereocenters. The lowest BCUT2D eigenvalue weighted by Crippen LogP contribution is -2.36. The first-order valence-electron chi connectivity index (χ1n) is 9.25. The van der Waals surface area contributed by atoms with Gasteiger partial charge in [0.2, 0.25) is 5.91 Å². The van der Waals surface area contributed by atoms with Gasteiger partial charge < -0.3 is 24.4 Å². The van der Waals surface area contributed by atoms with Crippen LogP contribution in [0, 0.1) is 0 Å². The Morgan fingerprint density at radius 3 is 2.43 bits per heavy atom. The summed E-state index contributed by atoms with van der Waals surface area (Å²) in [6.45, 7) is 4.98. The van der Waals surface area contributed by atoms with Crippen molar-refractivity contribution in [2.45, 2.75) is 6.92 Å². The number of allylic oxidation sites excluding steroid dienone is 1. The fraction of sp³-hybridized carbons (Fsp3) is 0.318. The smallest absolute Gasteiger partial charge is 0.248 e. The minimum atomic E-state index is -0.203. The highest BCUT2D eigenvalue weighted by Gasteiger charge is 2.14. The summed E-state index contributed by atoms with van der Waals surface area (Å²) >= 11 is 0. The van der Waals surface area contributed by atoms with Gasteiger partial charge >= 0.3 is 0 Å². The van der Waals surface area contributed by atoms with Crippen LogP contribution in [0.5, 0.6) is 11.5 Å². The van der Waals surface area contributed by atoms with E-state index in [9.17, 15) is 4.79 Å². The van der Waals surface area contributed by atoms with Gasteiger partial charge in [0.1, 0.15) is 11.5 Å². The van der Waals surface area contributed by atoms with Gasteiger partial charge in [-0.15, -0.1) is 0 Å². The van der Waals surface area contributed by atoms with Gasteiger partial charge in [0, 0.05) is 24.9 Å². The number of morpholine rings is 1. The lowest BCUT2D eigenvalue weighted by Gasteiger charge is -2.29. The SMILES string of the molecule is COc1ccc(/C(C)=C/C(=O)Nc2cc(N3CCOCC3)ccc2OC)cc1. The molecule has 28 heavy (non-hydrogen) atoms. The number of hydrogen-bond donors (Lipinski definition) is 1. The Hall–Kier alpha value is -2.99. The van der Waals surface area contributed by atoms with Crippen molar-refractivity contribution in [1.29, 1.82) is 0 Å². The van der Waals surface area contributed by atoms with Crippen LogP contribution in [-0.4, -0.2) is 46.4 Å². The summed E-state index contributed by atoms with van der Waals surface area (Å²) in [7, 11) is 3.22. The van der Waals surface area contributed by atoms with E-state index in [1.54, 1.807) is 20.3 Å². The first-order chi connectivity index (χ1) is 13.6. The Kier molecular flexibility index (Phi) is 6.55. The third kappa shape index (κ3) is 4.84. The number of amides is 1. The summed E-state index contributed by atoms with van der Waals surface area (Å²) in [5.74, 6) is 1.21. The van der Waals surface area contributed by atoms with E-state index in [1.807, 2.05) is 49.4 Å². The molecule has 6 heteroatoms. The molecule has 0 radical (unpaired) electrons. The largest absolute Gasteiger partial charge is 0.497 e. The standard InChI is InChI=1S/C22H26N2O4/c1-16(17-4-7-19(26-2)8-5-17)14-22(25)23-20-15-18(6-9-21(20)27-3)24-10-12-28-13-11-24/h4-9,14-15H,10-13H2,1-3H3,(H,23,25)/b16-14+. The zero-order valence-electron chi connectivity index (χ0n) is 16.5. The van der Waals surface area contributed by atoms with E-state index in [2.05, 4.69) is 10.2 Å². The number of ether oxygens (including phenoxy) is 3. The lowest BCUT2D eigenvalue weighted by molar-refractivity contribution is -0.111. The van der Waals surface area contributed by atoms with Crippen molar-refractivity contribution >= 4 is 22.9 Å². The van der Waals surface area contributed by atoms with E-state index in [4.69, 9.17) is 14.2 Å². The van der Waals surface area contributed by atoms with Crippen molar-refractivity contribution in [2.24, 2.45) is 0 Å². The van der Waals surface area contributed by atoms with Crippen molar-refractivity contribution in [3.8, 4) is 11.5 Å². The van der Waals surface area contributed by atoms with Gasteiger partial charge in [0.05, 0.1) is 33.1 Å². The normalized spacial score (nSPS) is 14.5. The van der Waals surface area contributed by atoms with Crippen LogP contribution in [0.15, 0.2) is 48.5 Å². The van der Waals surface area contributed by atoms with Gasteiger partial charge in [0.25, 0.3) is 0 Å². The first-order valence-corrected chi connectivity index (χ1v) is 9.25. The van der Waals surface area contributed by atoms with Gasteiger partial charge in [0.15, 0.2) is 0 Å². The Morgan fingerprint density at radius 1 is 1.07 bits per heavy atom. The molecule has 0 bridgehead atoms. The Labute approximate surface area is 165 Å². The quantitative estimate of drug-likeness (QED) is 0.774. The molecule has 1 fully saturated rings. The van der Waals surface area contributed by atoms with Crippen LogP contribution in [-0.2, 0) is 9.53 Å². The molecule has 0 aromatic heterocycles. The van der Waals surface area contributed by atoms with Crippen LogP contribution in [0.1, 0.15) is 12.5 Å². The molecule has 1 N–H and O–H groups in total. The van der Waals surface area contributed by atoms with Crippen LogP contribution in [0.2, 0.25) is 0 Å². The molecule has 0 saturated carbocycles. The molecule has 148 valence electrons. The van der Waals surface area contributed by atoms with E-state index in [-0.39, 0.29) is 5.91 Å². The van der Waals surface area contributed by atoms with E-state index in [0.717, 1.165) is 35.7 Å². The van der Waals surface area contributed by atoms with Crippen molar-refractivity contribution in [3.05, 3.63) is 54.1 Å². The molecule has 2 aromatic rings. The second-order valence-corrected chi connectivity index (χ2v) is 6.53. The number of carbonyl (C=O) groups excluding carboxylic acids is 1. The molecule has 0 spiro atoms. The molecule has 0 unspecified atom stereocenters. The summed E-state index contributed by atoms with van der Waals surface area (Å²) in [4.78, 5) is 14.8. The number of benzene rings is 2. The summed E-state index contributed by atoms with van der Waals surface area (Å²) in [5.41, 5.74) is 3.51. The monoisotopic (exact) mass is 382 g/mol. The lowest BCUT2D eigenvalue weighted by atomic mass is 10.1. The Bertz CT molecular complexity index is 840. The van der Waals surface area contributed by atoms with E-state index >= 15 is 0 Å². The third-order valence-corrected chi connectivity index (χ3v) is 4.71. The fourth-order valence-corrected chi connectivity index (χ4v) is 3.11. The maximum absolute atomic E-state index is 12.6. The van der Waals surface area contributed by atoms with Crippen molar-refractivity contribution in [1.82, 2.24) is 0 Å². The molecular formula is C22H26N2O4. The van der Waals surface area contributed by atoms with E-state index in [1.165, 1.54) is 0 Å².